The normalized spacial score (nSPS) is 21.8. The minimum Gasteiger partial charge on any atom is -0.378 e. The quantitative estimate of drug-likeness (QED) is 0.520. The van der Waals surface area contributed by atoms with Crippen molar-refractivity contribution in [2.75, 3.05) is 19.7 Å². The van der Waals surface area contributed by atoms with Crippen LogP contribution in [0.4, 0.5) is 0 Å². The second-order valence-corrected chi connectivity index (χ2v) is 3.91. The Morgan fingerprint density at radius 1 is 1.54 bits per heavy atom. The van der Waals surface area contributed by atoms with Crippen molar-refractivity contribution >= 4 is 0 Å². The van der Waals surface area contributed by atoms with E-state index in [9.17, 15) is 0 Å². The molecule has 1 rings (SSSR count). The number of allylic oxidation sites excluding steroid dienone is 1. The zero-order valence-electron chi connectivity index (χ0n) is 8.81. The first-order valence-electron chi connectivity index (χ1n) is 5.24. The van der Waals surface area contributed by atoms with Crippen LogP contribution in [0, 0.1) is 0 Å². The predicted molar refractivity (Wildman–Crippen MR) is 55.9 cm³/mol. The van der Waals surface area contributed by atoms with E-state index in [2.05, 4.69) is 25.2 Å². The Morgan fingerprint density at radius 3 is 3.00 bits per heavy atom. The molecule has 2 heteroatoms. The van der Waals surface area contributed by atoms with Crippen molar-refractivity contribution in [3.8, 4) is 0 Å². The molecule has 1 heterocycles. The molecule has 0 saturated carbocycles. The molecule has 2 nitrogen and oxygen atoms in total. The summed E-state index contributed by atoms with van der Waals surface area (Å²) in [4.78, 5) is 0. The fraction of sp³-hybridized carbons (Fsp3) is 0.818. The molecule has 13 heavy (non-hydrogen) atoms. The van der Waals surface area contributed by atoms with Crippen molar-refractivity contribution in [3.05, 3.63) is 11.6 Å². The third kappa shape index (κ3) is 5.06. The number of rotatable bonds is 5. The van der Waals surface area contributed by atoms with E-state index >= 15 is 0 Å². The largest absolute Gasteiger partial charge is 0.378 e. The fourth-order valence-corrected chi connectivity index (χ4v) is 1.51. The van der Waals surface area contributed by atoms with Crippen LogP contribution < -0.4 is 5.32 Å². The smallest absolute Gasteiger partial charge is 0.0588 e. The summed E-state index contributed by atoms with van der Waals surface area (Å²) in [6.07, 6.45) is 6.41. The zero-order chi connectivity index (χ0) is 9.52. The Bertz CT molecular complexity index is 155. The highest BCUT2D eigenvalue weighted by molar-refractivity contribution is 4.94. The van der Waals surface area contributed by atoms with Crippen molar-refractivity contribution in [2.45, 2.75) is 39.2 Å². The van der Waals surface area contributed by atoms with E-state index in [1.54, 1.807) is 0 Å². The molecule has 1 N–H and O–H groups in total. The second kappa shape index (κ2) is 6.17. The zero-order valence-corrected chi connectivity index (χ0v) is 8.81. The van der Waals surface area contributed by atoms with Crippen LogP contribution in [0.5, 0.6) is 0 Å². The molecule has 0 amide bonds. The van der Waals surface area contributed by atoms with Crippen LogP contribution in [0.2, 0.25) is 0 Å². The van der Waals surface area contributed by atoms with E-state index in [1.165, 1.54) is 18.4 Å². The maximum absolute atomic E-state index is 5.53. The molecule has 1 unspecified atom stereocenters. The van der Waals surface area contributed by atoms with Gasteiger partial charge in [0, 0.05) is 13.2 Å². The summed E-state index contributed by atoms with van der Waals surface area (Å²) in [6, 6.07) is 0. The van der Waals surface area contributed by atoms with Crippen LogP contribution in [0.25, 0.3) is 0 Å². The molecule has 1 atom stereocenters. The molecule has 1 fully saturated rings. The average Bonchev–Trinajstić information content (AvgIpc) is 2.55. The van der Waals surface area contributed by atoms with Crippen molar-refractivity contribution in [1.82, 2.24) is 5.32 Å². The minimum absolute atomic E-state index is 0.527. The van der Waals surface area contributed by atoms with Gasteiger partial charge in [-0.2, -0.15) is 0 Å². The molecule has 76 valence electrons. The van der Waals surface area contributed by atoms with Crippen LogP contribution in [0.3, 0.4) is 0 Å². The van der Waals surface area contributed by atoms with Gasteiger partial charge in [0.1, 0.15) is 0 Å². The van der Waals surface area contributed by atoms with Crippen LogP contribution in [-0.2, 0) is 4.74 Å². The maximum Gasteiger partial charge on any atom is 0.0588 e. The molecule has 0 aliphatic carbocycles. The summed E-state index contributed by atoms with van der Waals surface area (Å²) in [5.41, 5.74) is 1.38. The first-order valence-corrected chi connectivity index (χ1v) is 5.24. The molecule has 0 aromatic rings. The molecule has 0 aromatic heterocycles. The molecular weight excluding hydrogens is 162 g/mol. The highest BCUT2D eigenvalue weighted by atomic mass is 16.5. The summed E-state index contributed by atoms with van der Waals surface area (Å²) in [6.45, 7) is 7.30. The van der Waals surface area contributed by atoms with E-state index in [4.69, 9.17) is 4.74 Å². The minimum atomic E-state index is 0.527. The van der Waals surface area contributed by atoms with E-state index in [0.29, 0.717) is 6.10 Å². The van der Waals surface area contributed by atoms with Gasteiger partial charge in [0.2, 0.25) is 0 Å². The van der Waals surface area contributed by atoms with Gasteiger partial charge in [0.15, 0.2) is 0 Å². The standard InChI is InChI=1S/C11H21NO/c1-10(2)5-7-12-8-6-11-4-3-9-13-11/h5,11-12H,3-4,6-9H2,1-2H3. The number of nitrogens with one attached hydrogen (secondary N) is 1. The number of ether oxygens (including phenoxy) is 1. The third-order valence-corrected chi connectivity index (χ3v) is 2.32. The lowest BCUT2D eigenvalue weighted by molar-refractivity contribution is 0.104. The van der Waals surface area contributed by atoms with Crippen molar-refractivity contribution in [1.29, 1.82) is 0 Å². The van der Waals surface area contributed by atoms with Gasteiger partial charge < -0.3 is 10.1 Å². The number of hydrogen-bond acceptors (Lipinski definition) is 2. The fourth-order valence-electron chi connectivity index (χ4n) is 1.51. The lowest BCUT2D eigenvalue weighted by Gasteiger charge is -2.08. The van der Waals surface area contributed by atoms with Gasteiger partial charge in [-0.3, -0.25) is 0 Å². The topological polar surface area (TPSA) is 21.3 Å². The van der Waals surface area contributed by atoms with Gasteiger partial charge in [-0.25, -0.2) is 0 Å². The highest BCUT2D eigenvalue weighted by Gasteiger charge is 2.13. The SMILES string of the molecule is CC(C)=CCNCCC1CCCO1. The summed E-state index contributed by atoms with van der Waals surface area (Å²) in [7, 11) is 0. The Labute approximate surface area is 81.4 Å². The first kappa shape index (κ1) is 10.7. The Kier molecular flexibility index (Phi) is 5.09. The second-order valence-electron chi connectivity index (χ2n) is 3.91. The lowest BCUT2D eigenvalue weighted by atomic mass is 10.2. The summed E-state index contributed by atoms with van der Waals surface area (Å²) in [5.74, 6) is 0. The van der Waals surface area contributed by atoms with Crippen molar-refractivity contribution in [3.63, 3.8) is 0 Å². The molecule has 0 radical (unpaired) electrons. The monoisotopic (exact) mass is 183 g/mol. The molecule has 1 aliphatic heterocycles. The average molecular weight is 183 g/mol. The third-order valence-electron chi connectivity index (χ3n) is 2.32. The molecule has 0 spiro atoms. The summed E-state index contributed by atoms with van der Waals surface area (Å²) >= 11 is 0. The van der Waals surface area contributed by atoms with E-state index in [0.717, 1.165) is 26.1 Å². The molecule has 1 aliphatic rings. The van der Waals surface area contributed by atoms with Gasteiger partial charge in [-0.1, -0.05) is 11.6 Å². The van der Waals surface area contributed by atoms with Gasteiger partial charge in [0.25, 0.3) is 0 Å². The Hall–Kier alpha value is -0.340. The molecular formula is C11H21NO. The van der Waals surface area contributed by atoms with Crippen LogP contribution in [0.15, 0.2) is 11.6 Å². The van der Waals surface area contributed by atoms with Crippen molar-refractivity contribution in [2.24, 2.45) is 0 Å². The van der Waals surface area contributed by atoms with E-state index in [-0.39, 0.29) is 0 Å². The number of hydrogen-bond donors (Lipinski definition) is 1. The summed E-state index contributed by atoms with van der Waals surface area (Å²) in [5, 5.41) is 3.39. The first-order chi connectivity index (χ1) is 6.29. The maximum atomic E-state index is 5.53. The lowest BCUT2D eigenvalue weighted by Crippen LogP contribution is -2.20. The van der Waals surface area contributed by atoms with Gasteiger partial charge in [-0.05, 0) is 39.7 Å². The van der Waals surface area contributed by atoms with Crippen LogP contribution >= 0.6 is 0 Å². The highest BCUT2D eigenvalue weighted by Crippen LogP contribution is 2.14. The van der Waals surface area contributed by atoms with Gasteiger partial charge in [0.05, 0.1) is 6.10 Å². The Balaban J connectivity index is 1.91. The molecule has 0 aromatic carbocycles. The van der Waals surface area contributed by atoms with E-state index < -0.39 is 0 Å². The summed E-state index contributed by atoms with van der Waals surface area (Å²) < 4.78 is 5.53. The van der Waals surface area contributed by atoms with Crippen LogP contribution in [-0.4, -0.2) is 25.8 Å². The Morgan fingerprint density at radius 2 is 2.38 bits per heavy atom. The predicted octanol–water partition coefficient (Wildman–Crippen LogP) is 2.11. The van der Waals surface area contributed by atoms with Crippen LogP contribution in [0.1, 0.15) is 33.1 Å². The van der Waals surface area contributed by atoms with Gasteiger partial charge >= 0.3 is 0 Å². The van der Waals surface area contributed by atoms with Crippen molar-refractivity contribution < 1.29 is 4.74 Å². The van der Waals surface area contributed by atoms with Gasteiger partial charge in [-0.15, -0.1) is 0 Å². The molecule has 1 saturated heterocycles. The molecule has 0 bridgehead atoms. The van der Waals surface area contributed by atoms with E-state index in [1.807, 2.05) is 0 Å².